The first-order valence-electron chi connectivity index (χ1n) is 7.08. The van der Waals surface area contributed by atoms with Crippen LogP contribution in [0.2, 0.25) is 5.02 Å². The summed E-state index contributed by atoms with van der Waals surface area (Å²) in [5.41, 5.74) is 1.81. The highest BCUT2D eigenvalue weighted by atomic mass is 35.5. The van der Waals surface area contributed by atoms with Crippen molar-refractivity contribution in [2.24, 2.45) is 0 Å². The first-order valence-corrected chi connectivity index (χ1v) is 7.46. The van der Waals surface area contributed by atoms with E-state index in [0.29, 0.717) is 23.7 Å². The van der Waals surface area contributed by atoms with Gasteiger partial charge in [-0.25, -0.2) is 0 Å². The average Bonchev–Trinajstić information content (AvgIpc) is 2.66. The third-order valence-corrected chi connectivity index (χ3v) is 4.25. The molecular formula is C17H16ClNO3. The van der Waals surface area contributed by atoms with Crippen LogP contribution in [0.5, 0.6) is 11.5 Å². The monoisotopic (exact) mass is 317 g/mol. The summed E-state index contributed by atoms with van der Waals surface area (Å²) in [7, 11) is 0. The van der Waals surface area contributed by atoms with Gasteiger partial charge in [-0.15, -0.1) is 0 Å². The summed E-state index contributed by atoms with van der Waals surface area (Å²) < 4.78 is 6.01. The van der Waals surface area contributed by atoms with E-state index >= 15 is 0 Å². The van der Waals surface area contributed by atoms with Gasteiger partial charge in [0.1, 0.15) is 11.5 Å². The minimum absolute atomic E-state index is 0.0441. The molecule has 1 aliphatic rings. The molecule has 0 spiro atoms. The normalized spacial score (nSPS) is 19.4. The van der Waals surface area contributed by atoms with E-state index in [1.807, 2.05) is 36.4 Å². The predicted molar refractivity (Wildman–Crippen MR) is 84.6 cm³/mol. The van der Waals surface area contributed by atoms with E-state index in [4.69, 9.17) is 16.3 Å². The third-order valence-electron chi connectivity index (χ3n) is 4.01. The molecule has 0 bridgehead atoms. The van der Waals surface area contributed by atoms with Gasteiger partial charge in [-0.3, -0.25) is 4.79 Å². The lowest BCUT2D eigenvalue weighted by Crippen LogP contribution is -2.26. The Kier molecular flexibility index (Phi) is 4.32. The Balaban J connectivity index is 2.16. The van der Waals surface area contributed by atoms with Crippen molar-refractivity contribution in [3.8, 4) is 11.5 Å². The van der Waals surface area contributed by atoms with E-state index in [0.717, 1.165) is 16.9 Å². The van der Waals surface area contributed by atoms with Gasteiger partial charge in [0, 0.05) is 34.5 Å². The van der Waals surface area contributed by atoms with Gasteiger partial charge in [-0.05, 0) is 24.3 Å². The summed E-state index contributed by atoms with van der Waals surface area (Å²) in [5.74, 6) is 1.13. The van der Waals surface area contributed by atoms with Crippen molar-refractivity contribution < 1.29 is 14.6 Å². The van der Waals surface area contributed by atoms with Crippen LogP contribution in [-0.4, -0.2) is 24.7 Å². The van der Waals surface area contributed by atoms with Gasteiger partial charge >= 0.3 is 0 Å². The number of hydrogen-bond acceptors (Lipinski definition) is 3. The van der Waals surface area contributed by atoms with Crippen molar-refractivity contribution in [2.45, 2.75) is 11.8 Å². The zero-order chi connectivity index (χ0) is 15.5. The lowest BCUT2D eigenvalue weighted by Gasteiger charge is -2.24. The maximum absolute atomic E-state index is 10.7. The molecule has 3 rings (SSSR count). The highest BCUT2D eigenvalue weighted by molar-refractivity contribution is 6.30. The Morgan fingerprint density at radius 1 is 1.14 bits per heavy atom. The molecule has 1 amide bonds. The second-order valence-corrected chi connectivity index (χ2v) is 5.68. The molecular weight excluding hydrogens is 302 g/mol. The summed E-state index contributed by atoms with van der Waals surface area (Å²) in [6, 6.07) is 13.1. The predicted octanol–water partition coefficient (Wildman–Crippen LogP) is 3.05. The Labute approximate surface area is 133 Å². The SMILES string of the molecule is O=CNC[C@@H]1c2cc(Cl)ccc2Oc2ccccc2[C@H]1CO. The van der Waals surface area contributed by atoms with Crippen LogP contribution in [0.3, 0.4) is 0 Å². The lowest BCUT2D eigenvalue weighted by atomic mass is 9.82. The number of aliphatic hydroxyl groups is 1. The van der Waals surface area contributed by atoms with Gasteiger partial charge < -0.3 is 15.2 Å². The smallest absolute Gasteiger partial charge is 0.207 e. The molecule has 22 heavy (non-hydrogen) atoms. The fourth-order valence-electron chi connectivity index (χ4n) is 2.99. The summed E-state index contributed by atoms with van der Waals surface area (Å²) in [5, 5.41) is 13.2. The van der Waals surface area contributed by atoms with Gasteiger partial charge in [0.15, 0.2) is 0 Å². The van der Waals surface area contributed by atoms with E-state index < -0.39 is 0 Å². The van der Waals surface area contributed by atoms with E-state index in [1.54, 1.807) is 6.07 Å². The summed E-state index contributed by atoms with van der Waals surface area (Å²) in [4.78, 5) is 10.7. The van der Waals surface area contributed by atoms with Gasteiger partial charge in [-0.1, -0.05) is 29.8 Å². The minimum Gasteiger partial charge on any atom is -0.457 e. The number of amides is 1. The molecule has 5 heteroatoms. The van der Waals surface area contributed by atoms with Crippen molar-refractivity contribution in [3.63, 3.8) is 0 Å². The van der Waals surface area contributed by atoms with Gasteiger partial charge in [-0.2, -0.15) is 0 Å². The fourth-order valence-corrected chi connectivity index (χ4v) is 3.17. The fraction of sp³-hybridized carbons (Fsp3) is 0.235. The van der Waals surface area contributed by atoms with Crippen LogP contribution in [0.15, 0.2) is 42.5 Å². The van der Waals surface area contributed by atoms with Crippen LogP contribution < -0.4 is 10.1 Å². The molecule has 114 valence electrons. The summed E-state index contributed by atoms with van der Waals surface area (Å²) >= 11 is 6.12. The second-order valence-electron chi connectivity index (χ2n) is 5.24. The first kappa shape index (κ1) is 14.9. The zero-order valence-corrected chi connectivity index (χ0v) is 12.6. The van der Waals surface area contributed by atoms with Gasteiger partial charge in [0.25, 0.3) is 0 Å². The molecule has 2 atom stereocenters. The topological polar surface area (TPSA) is 58.6 Å². The standard InChI is InChI=1S/C17H16ClNO3/c18-11-5-6-17-13(7-11)14(8-19-10-21)15(9-20)12-3-1-2-4-16(12)22-17/h1-7,10,14-15,20H,8-9H2,(H,19,21)/t14-,15-/m1/s1. The largest absolute Gasteiger partial charge is 0.457 e. The van der Waals surface area contributed by atoms with Crippen molar-refractivity contribution in [2.75, 3.05) is 13.2 Å². The number of ether oxygens (including phenoxy) is 1. The number of rotatable bonds is 4. The number of carbonyl (C=O) groups excluding carboxylic acids is 1. The molecule has 2 aromatic rings. The Hall–Kier alpha value is -2.04. The van der Waals surface area contributed by atoms with Crippen LogP contribution in [0, 0.1) is 0 Å². The Morgan fingerprint density at radius 2 is 1.91 bits per heavy atom. The van der Waals surface area contributed by atoms with E-state index in [2.05, 4.69) is 5.32 Å². The van der Waals surface area contributed by atoms with E-state index in [1.165, 1.54) is 0 Å². The first-order chi connectivity index (χ1) is 10.7. The minimum atomic E-state index is -0.177. The Bertz CT molecular complexity index is 689. The van der Waals surface area contributed by atoms with Gasteiger partial charge in [0.2, 0.25) is 6.41 Å². The Morgan fingerprint density at radius 3 is 2.68 bits per heavy atom. The molecule has 1 heterocycles. The molecule has 2 aromatic carbocycles. The van der Waals surface area contributed by atoms with Gasteiger partial charge in [0.05, 0.1) is 6.61 Å². The van der Waals surface area contributed by atoms with Crippen molar-refractivity contribution >= 4 is 18.0 Å². The molecule has 4 nitrogen and oxygen atoms in total. The van der Waals surface area contributed by atoms with Crippen molar-refractivity contribution in [1.82, 2.24) is 5.32 Å². The zero-order valence-electron chi connectivity index (χ0n) is 11.8. The molecule has 1 aliphatic heterocycles. The van der Waals surface area contributed by atoms with Crippen LogP contribution in [0.1, 0.15) is 23.0 Å². The number of nitrogens with one attached hydrogen (secondary N) is 1. The number of carbonyl (C=O) groups is 1. The van der Waals surface area contributed by atoms with Crippen LogP contribution in [0.25, 0.3) is 0 Å². The van der Waals surface area contributed by atoms with E-state index in [-0.39, 0.29) is 18.4 Å². The number of hydrogen-bond donors (Lipinski definition) is 2. The van der Waals surface area contributed by atoms with Crippen LogP contribution >= 0.6 is 11.6 Å². The van der Waals surface area contributed by atoms with Crippen molar-refractivity contribution in [3.05, 3.63) is 58.6 Å². The number of aliphatic hydroxyl groups excluding tert-OH is 1. The summed E-state index contributed by atoms with van der Waals surface area (Å²) in [6.45, 7) is 0.358. The maximum Gasteiger partial charge on any atom is 0.207 e. The highest BCUT2D eigenvalue weighted by Crippen LogP contribution is 2.46. The highest BCUT2D eigenvalue weighted by Gasteiger charge is 2.32. The van der Waals surface area contributed by atoms with Crippen LogP contribution in [0.4, 0.5) is 0 Å². The molecule has 0 saturated heterocycles. The van der Waals surface area contributed by atoms with Crippen molar-refractivity contribution in [1.29, 1.82) is 0 Å². The summed E-state index contributed by atoms with van der Waals surface area (Å²) in [6.07, 6.45) is 0.663. The average molecular weight is 318 g/mol. The lowest BCUT2D eigenvalue weighted by molar-refractivity contribution is -0.109. The molecule has 0 radical (unpaired) electrons. The molecule has 2 N–H and O–H groups in total. The maximum atomic E-state index is 10.7. The number of benzene rings is 2. The van der Waals surface area contributed by atoms with E-state index in [9.17, 15) is 9.90 Å². The number of fused-ring (bicyclic) bond motifs is 2. The number of para-hydroxylation sites is 1. The quantitative estimate of drug-likeness (QED) is 0.852. The molecule has 0 aliphatic carbocycles. The molecule has 0 fully saturated rings. The molecule has 0 unspecified atom stereocenters. The molecule has 0 saturated carbocycles. The second kappa shape index (κ2) is 6.38. The van der Waals surface area contributed by atoms with Crippen LogP contribution in [-0.2, 0) is 4.79 Å². The number of halogens is 1. The molecule has 0 aromatic heterocycles. The third kappa shape index (κ3) is 2.67.